The molecule has 0 amide bonds. The normalized spacial score (nSPS) is 11.3. The molecule has 7 heteroatoms. The average molecular weight is 553 g/mol. The number of hydrogen-bond acceptors (Lipinski definition) is 7. The van der Waals surface area contributed by atoms with Crippen LogP contribution in [0.3, 0.4) is 0 Å². The summed E-state index contributed by atoms with van der Waals surface area (Å²) in [5.41, 5.74) is 2.00. The van der Waals surface area contributed by atoms with Crippen LogP contribution in [-0.2, 0) is 0 Å². The third-order valence-corrected chi connectivity index (χ3v) is 5.32. The standard InChI is InChI=1S/C11H18N2O.2C11H17NO/c1-9-7-12-10(13-8-9)14-6-5-11(2,3)4;2*1-11(2,3)7-9-13-10-6-4-5-8-12-10/h7-8H,5-6H2,1-4H3;2*4-6,8H,7,9H2,1-3H3. The van der Waals surface area contributed by atoms with Crippen molar-refractivity contribution in [1.29, 1.82) is 0 Å². The lowest BCUT2D eigenvalue weighted by Crippen LogP contribution is -2.12. The Kier molecular flexibility index (Phi) is 15.2. The molecule has 3 aromatic rings. The molecule has 0 fully saturated rings. The van der Waals surface area contributed by atoms with Crippen molar-refractivity contribution in [3.63, 3.8) is 0 Å². The minimum absolute atomic E-state index is 0.296. The van der Waals surface area contributed by atoms with Gasteiger partial charge in [0.2, 0.25) is 11.8 Å². The predicted molar refractivity (Wildman–Crippen MR) is 164 cm³/mol. The molecule has 7 nitrogen and oxygen atoms in total. The number of aryl methyl sites for hydroxylation is 1. The molecule has 3 rings (SSSR count). The molecule has 0 aliphatic carbocycles. The Bertz CT molecular complexity index is 968. The number of rotatable bonds is 9. The van der Waals surface area contributed by atoms with E-state index in [0.717, 1.165) is 38.0 Å². The van der Waals surface area contributed by atoms with Gasteiger partial charge in [-0.1, -0.05) is 74.4 Å². The van der Waals surface area contributed by atoms with Crippen LogP contribution < -0.4 is 14.2 Å². The minimum atomic E-state index is 0.296. The highest BCUT2D eigenvalue weighted by Gasteiger charge is 2.11. The van der Waals surface area contributed by atoms with E-state index in [4.69, 9.17) is 14.2 Å². The lowest BCUT2D eigenvalue weighted by molar-refractivity contribution is 0.228. The number of hydrogen-bond donors (Lipinski definition) is 0. The van der Waals surface area contributed by atoms with E-state index >= 15 is 0 Å². The van der Waals surface area contributed by atoms with Crippen LogP contribution in [0.5, 0.6) is 17.8 Å². The molecular weight excluding hydrogens is 500 g/mol. The summed E-state index contributed by atoms with van der Waals surface area (Å²) in [6, 6.07) is 11.9. The van der Waals surface area contributed by atoms with Crippen molar-refractivity contribution in [2.75, 3.05) is 19.8 Å². The van der Waals surface area contributed by atoms with E-state index in [2.05, 4.69) is 82.2 Å². The largest absolute Gasteiger partial charge is 0.478 e. The zero-order chi connectivity index (χ0) is 30.1. The highest BCUT2D eigenvalue weighted by molar-refractivity contribution is 5.09. The molecule has 0 N–H and O–H groups in total. The van der Waals surface area contributed by atoms with Gasteiger partial charge in [0, 0.05) is 36.9 Å². The first-order chi connectivity index (χ1) is 18.6. The minimum Gasteiger partial charge on any atom is -0.478 e. The van der Waals surface area contributed by atoms with Gasteiger partial charge in [-0.2, -0.15) is 0 Å². The Labute approximate surface area is 243 Å². The number of pyridine rings is 2. The lowest BCUT2D eigenvalue weighted by Gasteiger charge is -2.17. The molecule has 0 aliphatic rings. The van der Waals surface area contributed by atoms with Gasteiger partial charge in [0.1, 0.15) is 0 Å². The quantitative estimate of drug-likeness (QED) is 0.264. The van der Waals surface area contributed by atoms with E-state index in [9.17, 15) is 0 Å². The summed E-state index contributed by atoms with van der Waals surface area (Å²) in [4.78, 5) is 16.3. The Morgan fingerprint density at radius 1 is 0.525 bits per heavy atom. The molecule has 0 atom stereocenters. The third-order valence-electron chi connectivity index (χ3n) is 5.32. The van der Waals surface area contributed by atoms with Gasteiger partial charge < -0.3 is 14.2 Å². The second kappa shape index (κ2) is 17.5. The lowest BCUT2D eigenvalue weighted by atomic mass is 9.93. The van der Waals surface area contributed by atoms with Crippen LogP contribution in [0.4, 0.5) is 0 Å². The summed E-state index contributed by atoms with van der Waals surface area (Å²) < 4.78 is 16.4. The maximum atomic E-state index is 5.47. The molecule has 0 saturated heterocycles. The molecular formula is C33H52N4O3. The second-order valence-corrected chi connectivity index (χ2v) is 13.4. The molecule has 0 spiro atoms. The van der Waals surface area contributed by atoms with Crippen molar-refractivity contribution in [2.24, 2.45) is 16.2 Å². The summed E-state index contributed by atoms with van der Waals surface area (Å²) >= 11 is 0. The molecule has 0 aliphatic heterocycles. The van der Waals surface area contributed by atoms with Crippen molar-refractivity contribution >= 4 is 0 Å². The van der Waals surface area contributed by atoms with Gasteiger partial charge >= 0.3 is 6.01 Å². The van der Waals surface area contributed by atoms with E-state index in [0.29, 0.717) is 40.6 Å². The monoisotopic (exact) mass is 552 g/mol. The van der Waals surface area contributed by atoms with Gasteiger partial charge in [-0.05, 0) is 60.1 Å². The second-order valence-electron chi connectivity index (χ2n) is 13.4. The van der Waals surface area contributed by atoms with Crippen LogP contribution in [0.25, 0.3) is 0 Å². The van der Waals surface area contributed by atoms with Gasteiger partial charge in [-0.3, -0.25) is 0 Å². The van der Waals surface area contributed by atoms with Gasteiger partial charge in [-0.25, -0.2) is 19.9 Å². The van der Waals surface area contributed by atoms with Gasteiger partial charge in [0.25, 0.3) is 0 Å². The van der Waals surface area contributed by atoms with Gasteiger partial charge in [-0.15, -0.1) is 0 Å². The van der Waals surface area contributed by atoms with Crippen molar-refractivity contribution in [3.05, 3.63) is 66.7 Å². The highest BCUT2D eigenvalue weighted by atomic mass is 16.5. The highest BCUT2D eigenvalue weighted by Crippen LogP contribution is 2.20. The van der Waals surface area contributed by atoms with Crippen molar-refractivity contribution in [2.45, 2.75) is 88.5 Å². The van der Waals surface area contributed by atoms with Gasteiger partial charge in [0.05, 0.1) is 19.8 Å². The first-order valence-electron chi connectivity index (χ1n) is 14.1. The maximum Gasteiger partial charge on any atom is 0.316 e. The zero-order valence-electron chi connectivity index (χ0n) is 26.5. The van der Waals surface area contributed by atoms with Crippen molar-refractivity contribution in [1.82, 2.24) is 19.9 Å². The van der Waals surface area contributed by atoms with Crippen molar-refractivity contribution in [3.8, 4) is 17.8 Å². The molecule has 3 heterocycles. The smallest absolute Gasteiger partial charge is 0.316 e. The van der Waals surface area contributed by atoms with E-state index in [-0.39, 0.29) is 0 Å². The fourth-order valence-electron chi connectivity index (χ4n) is 2.69. The van der Waals surface area contributed by atoms with E-state index in [1.165, 1.54) is 0 Å². The van der Waals surface area contributed by atoms with Crippen LogP contribution in [0, 0.1) is 23.2 Å². The maximum absolute atomic E-state index is 5.47. The molecule has 0 saturated carbocycles. The summed E-state index contributed by atoms with van der Waals surface area (Å²) in [5, 5.41) is 0. The van der Waals surface area contributed by atoms with Crippen LogP contribution in [0.2, 0.25) is 0 Å². The molecule has 222 valence electrons. The summed E-state index contributed by atoms with van der Waals surface area (Å²) in [6.07, 6.45) is 10.1. The Balaban J connectivity index is 0.000000300. The van der Waals surface area contributed by atoms with E-state index in [1.54, 1.807) is 24.8 Å². The molecule has 3 aromatic heterocycles. The SMILES string of the molecule is CC(C)(C)CCOc1ccccn1.CC(C)(C)CCOc1ccccn1.Cc1cnc(OCCC(C)(C)C)nc1. The summed E-state index contributed by atoms with van der Waals surface area (Å²) in [7, 11) is 0. The number of ether oxygens (including phenoxy) is 3. The Morgan fingerprint density at radius 2 is 0.900 bits per heavy atom. The summed E-state index contributed by atoms with van der Waals surface area (Å²) in [6.45, 7) is 23.9. The fraction of sp³-hybridized carbons (Fsp3) is 0.576. The summed E-state index contributed by atoms with van der Waals surface area (Å²) in [5.74, 6) is 1.43. The van der Waals surface area contributed by atoms with Gasteiger partial charge in [0.15, 0.2) is 0 Å². The zero-order valence-corrected chi connectivity index (χ0v) is 26.5. The number of nitrogens with zero attached hydrogens (tertiary/aromatic N) is 4. The third kappa shape index (κ3) is 20.7. The van der Waals surface area contributed by atoms with E-state index in [1.807, 2.05) is 43.3 Å². The topological polar surface area (TPSA) is 79.2 Å². The molecule has 0 bridgehead atoms. The predicted octanol–water partition coefficient (Wildman–Crippen LogP) is 8.39. The first kappa shape index (κ1) is 34.8. The molecule has 0 unspecified atom stereocenters. The first-order valence-corrected chi connectivity index (χ1v) is 14.1. The molecule has 40 heavy (non-hydrogen) atoms. The average Bonchev–Trinajstić information content (AvgIpc) is 2.85. The van der Waals surface area contributed by atoms with Crippen LogP contribution in [0.1, 0.15) is 87.1 Å². The number of aromatic nitrogens is 4. The van der Waals surface area contributed by atoms with Crippen molar-refractivity contribution < 1.29 is 14.2 Å². The Hall–Kier alpha value is -3.22. The van der Waals surface area contributed by atoms with E-state index < -0.39 is 0 Å². The van der Waals surface area contributed by atoms with Crippen LogP contribution >= 0.6 is 0 Å². The van der Waals surface area contributed by atoms with Crippen LogP contribution in [0.15, 0.2) is 61.2 Å². The molecule has 0 radical (unpaired) electrons. The van der Waals surface area contributed by atoms with Crippen LogP contribution in [-0.4, -0.2) is 39.8 Å². The Morgan fingerprint density at radius 3 is 1.23 bits per heavy atom. The fourth-order valence-corrected chi connectivity index (χ4v) is 2.69. The molecule has 0 aromatic carbocycles.